The van der Waals surface area contributed by atoms with Crippen LogP contribution in [0.15, 0.2) is 24.3 Å². The van der Waals surface area contributed by atoms with Crippen LogP contribution in [0.3, 0.4) is 0 Å². The third kappa shape index (κ3) is 3.49. The van der Waals surface area contributed by atoms with Crippen LogP contribution in [0.1, 0.15) is 20.7 Å². The van der Waals surface area contributed by atoms with E-state index in [-0.39, 0.29) is 25.0 Å². The zero-order valence-corrected chi connectivity index (χ0v) is 13.6. The molecule has 1 atom stereocenters. The topological polar surface area (TPSA) is 84.3 Å². The fraction of sp³-hybridized carbons (Fsp3) is 0.529. The lowest BCUT2D eigenvalue weighted by Gasteiger charge is -2.35. The van der Waals surface area contributed by atoms with Crippen LogP contribution >= 0.6 is 0 Å². The molecule has 1 saturated heterocycles. The van der Waals surface area contributed by atoms with E-state index in [9.17, 15) is 14.7 Å². The molecule has 2 aliphatic heterocycles. The molecule has 1 unspecified atom stereocenters. The summed E-state index contributed by atoms with van der Waals surface area (Å²) in [5, 5.41) is 19.3. The van der Waals surface area contributed by atoms with Gasteiger partial charge in [0.15, 0.2) is 0 Å². The van der Waals surface area contributed by atoms with E-state index in [4.69, 9.17) is 5.11 Å². The molecule has 0 spiro atoms. The van der Waals surface area contributed by atoms with Gasteiger partial charge in [0, 0.05) is 39.3 Å². The van der Waals surface area contributed by atoms with Crippen molar-refractivity contribution in [2.45, 2.75) is 6.10 Å². The lowest BCUT2D eigenvalue weighted by Crippen LogP contribution is -2.50. The number of β-amino-alcohol motifs (C(OH)–C–C–N with tert-alkyl or cyclic N) is 2. The summed E-state index contributed by atoms with van der Waals surface area (Å²) in [4.78, 5) is 30.0. The van der Waals surface area contributed by atoms with Gasteiger partial charge in [0.05, 0.1) is 30.4 Å². The fourth-order valence-corrected chi connectivity index (χ4v) is 3.31. The lowest BCUT2D eigenvalue weighted by molar-refractivity contribution is 0.0385. The Morgan fingerprint density at radius 2 is 1.46 bits per heavy atom. The summed E-state index contributed by atoms with van der Waals surface area (Å²) >= 11 is 0. The summed E-state index contributed by atoms with van der Waals surface area (Å²) in [5.41, 5.74) is 0.819. The van der Waals surface area contributed by atoms with Gasteiger partial charge in [0.25, 0.3) is 11.8 Å². The third-order valence-corrected chi connectivity index (χ3v) is 4.62. The maximum atomic E-state index is 12.3. The van der Waals surface area contributed by atoms with Crippen LogP contribution in [0.2, 0.25) is 0 Å². The number of carbonyl (C=O) groups excluding carboxylic acids is 2. The number of nitrogens with zero attached hydrogens (tertiary/aromatic N) is 3. The number of benzene rings is 1. The van der Waals surface area contributed by atoms with Crippen LogP contribution in [0, 0.1) is 0 Å². The van der Waals surface area contributed by atoms with Crippen LogP contribution < -0.4 is 0 Å². The van der Waals surface area contributed by atoms with Crippen molar-refractivity contribution in [3.63, 3.8) is 0 Å². The van der Waals surface area contributed by atoms with Crippen molar-refractivity contribution in [2.75, 3.05) is 52.4 Å². The number of amides is 2. The van der Waals surface area contributed by atoms with Gasteiger partial charge < -0.3 is 10.2 Å². The molecular formula is C17H23N3O4. The Hall–Kier alpha value is -1.80. The molecule has 0 saturated carbocycles. The molecule has 7 heteroatoms. The van der Waals surface area contributed by atoms with Crippen molar-refractivity contribution in [1.82, 2.24) is 14.7 Å². The maximum Gasteiger partial charge on any atom is 0.261 e. The number of hydrogen-bond acceptors (Lipinski definition) is 6. The highest BCUT2D eigenvalue weighted by Crippen LogP contribution is 2.22. The van der Waals surface area contributed by atoms with Crippen molar-refractivity contribution in [3.8, 4) is 0 Å². The summed E-state index contributed by atoms with van der Waals surface area (Å²) in [6, 6.07) is 6.75. The highest BCUT2D eigenvalue weighted by molar-refractivity contribution is 6.21. The first-order valence-electron chi connectivity index (χ1n) is 8.29. The molecule has 3 rings (SSSR count). The normalized spacial score (nSPS) is 20.5. The Balaban J connectivity index is 1.52. The van der Waals surface area contributed by atoms with Crippen LogP contribution in [0.25, 0.3) is 0 Å². The quantitative estimate of drug-likeness (QED) is 0.667. The smallest absolute Gasteiger partial charge is 0.261 e. The summed E-state index contributed by atoms with van der Waals surface area (Å²) < 4.78 is 0. The molecule has 130 valence electrons. The minimum absolute atomic E-state index is 0.0171. The van der Waals surface area contributed by atoms with Crippen LogP contribution in [0.4, 0.5) is 0 Å². The average molecular weight is 333 g/mol. The van der Waals surface area contributed by atoms with Crippen molar-refractivity contribution >= 4 is 11.8 Å². The molecule has 0 bridgehead atoms. The highest BCUT2D eigenvalue weighted by Gasteiger charge is 2.36. The second kappa shape index (κ2) is 7.40. The van der Waals surface area contributed by atoms with E-state index < -0.39 is 6.10 Å². The van der Waals surface area contributed by atoms with Gasteiger partial charge in [0.1, 0.15) is 0 Å². The molecule has 1 aromatic rings. The van der Waals surface area contributed by atoms with E-state index in [1.165, 1.54) is 0 Å². The molecule has 1 fully saturated rings. The van der Waals surface area contributed by atoms with E-state index in [0.717, 1.165) is 31.1 Å². The van der Waals surface area contributed by atoms with Gasteiger partial charge in [-0.1, -0.05) is 12.1 Å². The SMILES string of the molecule is O=C1c2ccccc2C(=O)N1CC(O)CN1CCN(CCO)CC1. The van der Waals surface area contributed by atoms with Crippen molar-refractivity contribution in [3.05, 3.63) is 35.4 Å². The van der Waals surface area contributed by atoms with E-state index in [1.54, 1.807) is 24.3 Å². The summed E-state index contributed by atoms with van der Waals surface area (Å²) in [6.07, 6.45) is -0.767. The Labute approximate surface area is 141 Å². The monoisotopic (exact) mass is 333 g/mol. The first-order chi connectivity index (χ1) is 11.6. The number of imide groups is 1. The molecule has 2 amide bonds. The zero-order chi connectivity index (χ0) is 17.1. The van der Waals surface area contributed by atoms with Gasteiger partial charge in [-0.05, 0) is 12.1 Å². The first kappa shape index (κ1) is 17.0. The molecule has 2 N–H and O–H groups in total. The number of aliphatic hydroxyl groups is 2. The minimum atomic E-state index is -0.767. The molecule has 0 aromatic heterocycles. The summed E-state index contributed by atoms with van der Waals surface area (Å²) in [6.45, 7) is 4.58. The Morgan fingerprint density at radius 3 is 2.00 bits per heavy atom. The highest BCUT2D eigenvalue weighted by atomic mass is 16.3. The number of fused-ring (bicyclic) bond motifs is 1. The number of carbonyl (C=O) groups is 2. The van der Waals surface area contributed by atoms with Crippen molar-refractivity contribution in [2.24, 2.45) is 0 Å². The van der Waals surface area contributed by atoms with Crippen LogP contribution in [-0.2, 0) is 0 Å². The second-order valence-corrected chi connectivity index (χ2v) is 6.29. The van der Waals surface area contributed by atoms with Gasteiger partial charge >= 0.3 is 0 Å². The van der Waals surface area contributed by atoms with Gasteiger partial charge in [-0.25, -0.2) is 0 Å². The predicted molar refractivity (Wildman–Crippen MR) is 87.8 cm³/mol. The number of aliphatic hydroxyl groups excluding tert-OH is 2. The van der Waals surface area contributed by atoms with Gasteiger partial charge in [-0.2, -0.15) is 0 Å². The van der Waals surface area contributed by atoms with E-state index in [2.05, 4.69) is 9.80 Å². The van der Waals surface area contributed by atoms with Gasteiger partial charge in [-0.3, -0.25) is 24.3 Å². The number of rotatable bonds is 6. The van der Waals surface area contributed by atoms with E-state index in [1.807, 2.05) is 0 Å². The third-order valence-electron chi connectivity index (χ3n) is 4.62. The number of piperazine rings is 1. The van der Waals surface area contributed by atoms with Crippen molar-refractivity contribution in [1.29, 1.82) is 0 Å². The van der Waals surface area contributed by atoms with Gasteiger partial charge in [0.2, 0.25) is 0 Å². The molecule has 0 radical (unpaired) electrons. The average Bonchev–Trinajstić information content (AvgIpc) is 2.82. The molecule has 0 aliphatic carbocycles. The Bertz CT molecular complexity index is 579. The Morgan fingerprint density at radius 1 is 0.917 bits per heavy atom. The summed E-state index contributed by atoms with van der Waals surface area (Å²) in [7, 11) is 0. The largest absolute Gasteiger partial charge is 0.395 e. The van der Waals surface area contributed by atoms with E-state index in [0.29, 0.717) is 24.2 Å². The van der Waals surface area contributed by atoms with Crippen LogP contribution in [0.5, 0.6) is 0 Å². The molecule has 2 heterocycles. The second-order valence-electron chi connectivity index (χ2n) is 6.29. The van der Waals surface area contributed by atoms with Gasteiger partial charge in [-0.15, -0.1) is 0 Å². The molecule has 7 nitrogen and oxygen atoms in total. The number of hydrogen-bond donors (Lipinski definition) is 2. The standard InChI is InChI=1S/C17H23N3O4/c21-10-9-18-5-7-19(8-6-18)11-13(22)12-20-16(23)14-3-1-2-4-15(14)17(20)24/h1-4,13,21-22H,5-12H2. The maximum absolute atomic E-state index is 12.3. The molecular weight excluding hydrogens is 310 g/mol. The molecule has 24 heavy (non-hydrogen) atoms. The lowest BCUT2D eigenvalue weighted by atomic mass is 10.1. The molecule has 2 aliphatic rings. The summed E-state index contributed by atoms with van der Waals surface area (Å²) in [5.74, 6) is -0.662. The van der Waals surface area contributed by atoms with Crippen LogP contribution in [-0.4, -0.2) is 95.3 Å². The minimum Gasteiger partial charge on any atom is -0.395 e. The fourth-order valence-electron chi connectivity index (χ4n) is 3.31. The first-order valence-corrected chi connectivity index (χ1v) is 8.29. The zero-order valence-electron chi connectivity index (χ0n) is 13.6. The van der Waals surface area contributed by atoms with Crippen molar-refractivity contribution < 1.29 is 19.8 Å². The van der Waals surface area contributed by atoms with E-state index >= 15 is 0 Å². The Kier molecular flexibility index (Phi) is 5.25. The molecule has 1 aromatic carbocycles. The predicted octanol–water partition coefficient (Wildman–Crippen LogP) is -0.747.